The van der Waals surface area contributed by atoms with Crippen molar-refractivity contribution in [3.05, 3.63) is 56.7 Å². The number of benzene rings is 1. The molecule has 0 radical (unpaired) electrons. The molecule has 12 heteroatoms. The molecule has 6 N–H and O–H groups in total. The fraction of sp³-hybridized carbons (Fsp3) is 0.211. The number of H-pyrrole nitrogens is 1. The van der Waals surface area contributed by atoms with Crippen LogP contribution in [0.5, 0.6) is 0 Å². The average molecular weight is 460 g/mol. The standard InChI is InChI=1S/C19H19Cl2N9O/c1-8(2)14(26-16-13(21)15(22)27-19(23)28-16)17-25-10-5-3-4-9(20)12(10)18(31)30(17)11-6-7-24-29-11/h3-8,14H,1-2H3,(H,24,29)(H5,22,23,26,27,28)/t14-/m0/s1. The number of hydrogen-bond acceptors (Lipinski definition) is 8. The Morgan fingerprint density at radius 2 is 1.90 bits per heavy atom. The molecule has 31 heavy (non-hydrogen) atoms. The fourth-order valence-electron chi connectivity index (χ4n) is 3.27. The van der Waals surface area contributed by atoms with Crippen molar-refractivity contribution in [1.29, 1.82) is 0 Å². The van der Waals surface area contributed by atoms with E-state index in [-0.39, 0.29) is 34.1 Å². The zero-order valence-corrected chi connectivity index (χ0v) is 18.1. The van der Waals surface area contributed by atoms with E-state index in [0.29, 0.717) is 27.6 Å². The van der Waals surface area contributed by atoms with Crippen LogP contribution in [0.2, 0.25) is 10.0 Å². The molecule has 3 heterocycles. The van der Waals surface area contributed by atoms with E-state index >= 15 is 0 Å². The van der Waals surface area contributed by atoms with Gasteiger partial charge in [0, 0.05) is 12.3 Å². The molecule has 0 bridgehead atoms. The van der Waals surface area contributed by atoms with E-state index in [2.05, 4.69) is 25.5 Å². The smallest absolute Gasteiger partial charge is 0.268 e. The third-order valence-corrected chi connectivity index (χ3v) is 5.41. The molecule has 10 nitrogen and oxygen atoms in total. The molecule has 1 atom stereocenters. The monoisotopic (exact) mass is 459 g/mol. The number of aromatic nitrogens is 6. The molecule has 4 aromatic rings. The minimum absolute atomic E-state index is 0.0325. The lowest BCUT2D eigenvalue weighted by Gasteiger charge is -2.25. The Hall–Kier alpha value is -3.37. The van der Waals surface area contributed by atoms with Gasteiger partial charge in [0.15, 0.2) is 11.6 Å². The predicted octanol–water partition coefficient (Wildman–Crippen LogP) is 3.18. The Kier molecular flexibility index (Phi) is 5.42. The number of aromatic amines is 1. The second-order valence-corrected chi connectivity index (χ2v) is 7.96. The highest BCUT2D eigenvalue weighted by Crippen LogP contribution is 2.32. The summed E-state index contributed by atoms with van der Waals surface area (Å²) in [4.78, 5) is 26.3. The molecule has 1 aromatic carbocycles. The summed E-state index contributed by atoms with van der Waals surface area (Å²) in [5, 5.41) is 10.8. The maximum Gasteiger partial charge on any atom is 0.268 e. The van der Waals surface area contributed by atoms with Crippen LogP contribution in [0.15, 0.2) is 35.3 Å². The van der Waals surface area contributed by atoms with Gasteiger partial charge in [0.2, 0.25) is 5.95 Å². The number of fused-ring (bicyclic) bond motifs is 1. The van der Waals surface area contributed by atoms with Crippen molar-refractivity contribution in [2.45, 2.75) is 19.9 Å². The van der Waals surface area contributed by atoms with Crippen molar-refractivity contribution >= 4 is 51.7 Å². The highest BCUT2D eigenvalue weighted by molar-refractivity contribution is 6.35. The van der Waals surface area contributed by atoms with Gasteiger partial charge < -0.3 is 16.8 Å². The normalized spacial score (nSPS) is 12.4. The zero-order chi connectivity index (χ0) is 22.3. The van der Waals surface area contributed by atoms with Crippen LogP contribution >= 0.6 is 23.2 Å². The highest BCUT2D eigenvalue weighted by atomic mass is 35.5. The van der Waals surface area contributed by atoms with Gasteiger partial charge in [-0.15, -0.1) is 0 Å². The molecule has 0 aliphatic rings. The number of nitrogens with two attached hydrogens (primary N) is 2. The number of anilines is 3. The van der Waals surface area contributed by atoms with Gasteiger partial charge in [-0.05, 0) is 18.1 Å². The van der Waals surface area contributed by atoms with Gasteiger partial charge in [0.25, 0.3) is 5.56 Å². The van der Waals surface area contributed by atoms with Crippen molar-refractivity contribution < 1.29 is 0 Å². The SMILES string of the molecule is CC(C)[C@H](Nc1nc(N)nc(N)c1Cl)c1nc2cccc(Cl)c2c(=O)n1-c1cc[nH]n1. The summed E-state index contributed by atoms with van der Waals surface area (Å²) < 4.78 is 1.41. The van der Waals surface area contributed by atoms with Crippen LogP contribution in [-0.4, -0.2) is 29.7 Å². The van der Waals surface area contributed by atoms with E-state index in [4.69, 9.17) is 39.7 Å². The van der Waals surface area contributed by atoms with Crippen LogP contribution in [0.25, 0.3) is 16.7 Å². The van der Waals surface area contributed by atoms with Crippen LogP contribution < -0.4 is 22.3 Å². The van der Waals surface area contributed by atoms with E-state index in [9.17, 15) is 4.79 Å². The molecular formula is C19H19Cl2N9O. The first kappa shape index (κ1) is 20.9. The van der Waals surface area contributed by atoms with Crippen molar-refractivity contribution in [2.75, 3.05) is 16.8 Å². The molecule has 0 aliphatic heterocycles. The highest BCUT2D eigenvalue weighted by Gasteiger charge is 2.27. The molecule has 0 fully saturated rings. The van der Waals surface area contributed by atoms with Gasteiger partial charge in [-0.25, -0.2) is 9.55 Å². The number of nitrogen functional groups attached to an aromatic ring is 2. The molecule has 0 saturated heterocycles. The Morgan fingerprint density at radius 3 is 2.58 bits per heavy atom. The van der Waals surface area contributed by atoms with Gasteiger partial charge in [-0.3, -0.25) is 9.89 Å². The van der Waals surface area contributed by atoms with Crippen molar-refractivity contribution in [3.8, 4) is 5.82 Å². The van der Waals surface area contributed by atoms with Gasteiger partial charge >= 0.3 is 0 Å². The molecule has 0 unspecified atom stereocenters. The zero-order valence-electron chi connectivity index (χ0n) is 16.6. The third-order valence-electron chi connectivity index (χ3n) is 4.72. The number of halogens is 2. The molecule has 4 rings (SSSR count). The predicted molar refractivity (Wildman–Crippen MR) is 122 cm³/mol. The van der Waals surface area contributed by atoms with Gasteiger partial charge in [-0.1, -0.05) is 43.1 Å². The second-order valence-electron chi connectivity index (χ2n) is 7.17. The number of hydrogen-bond donors (Lipinski definition) is 4. The van der Waals surface area contributed by atoms with E-state index in [1.807, 2.05) is 13.8 Å². The summed E-state index contributed by atoms with van der Waals surface area (Å²) in [7, 11) is 0. The Labute approximate surface area is 186 Å². The first-order valence-corrected chi connectivity index (χ1v) is 10.1. The lowest BCUT2D eigenvalue weighted by atomic mass is 10.0. The molecule has 0 spiro atoms. The second kappa shape index (κ2) is 8.05. The lowest BCUT2D eigenvalue weighted by molar-refractivity contribution is 0.507. The summed E-state index contributed by atoms with van der Waals surface area (Å²) in [6, 6.07) is 6.26. The molecule has 0 amide bonds. The summed E-state index contributed by atoms with van der Waals surface area (Å²) in [6.45, 7) is 3.92. The topological polar surface area (TPSA) is 153 Å². The quantitative estimate of drug-likeness (QED) is 0.354. The van der Waals surface area contributed by atoms with Crippen LogP contribution in [0.1, 0.15) is 25.7 Å². The van der Waals surface area contributed by atoms with Crippen LogP contribution in [0.4, 0.5) is 17.6 Å². The van der Waals surface area contributed by atoms with Gasteiger partial charge in [0.1, 0.15) is 16.7 Å². The van der Waals surface area contributed by atoms with Gasteiger partial charge in [0.05, 0.1) is 22.0 Å². The van der Waals surface area contributed by atoms with Crippen molar-refractivity contribution in [1.82, 2.24) is 29.7 Å². The lowest BCUT2D eigenvalue weighted by Crippen LogP contribution is -2.31. The van der Waals surface area contributed by atoms with Crippen LogP contribution in [0, 0.1) is 5.92 Å². The third kappa shape index (κ3) is 3.75. The summed E-state index contributed by atoms with van der Waals surface area (Å²) in [5.74, 6) is 0.960. The van der Waals surface area contributed by atoms with E-state index in [1.165, 1.54) is 4.57 Å². The first-order chi connectivity index (χ1) is 14.8. The fourth-order valence-corrected chi connectivity index (χ4v) is 3.66. The van der Waals surface area contributed by atoms with Crippen LogP contribution in [-0.2, 0) is 0 Å². The summed E-state index contributed by atoms with van der Waals surface area (Å²) in [6.07, 6.45) is 1.61. The number of nitrogens with one attached hydrogen (secondary N) is 2. The largest absolute Gasteiger partial charge is 0.382 e. The maximum atomic E-state index is 13.5. The van der Waals surface area contributed by atoms with Crippen molar-refractivity contribution in [2.24, 2.45) is 5.92 Å². The maximum absolute atomic E-state index is 13.5. The van der Waals surface area contributed by atoms with Crippen LogP contribution in [0.3, 0.4) is 0 Å². The molecule has 3 aromatic heterocycles. The van der Waals surface area contributed by atoms with E-state index < -0.39 is 6.04 Å². The van der Waals surface area contributed by atoms with E-state index in [0.717, 1.165) is 0 Å². The number of nitrogens with zero attached hydrogens (tertiary/aromatic N) is 5. The molecule has 160 valence electrons. The van der Waals surface area contributed by atoms with E-state index in [1.54, 1.807) is 30.5 Å². The Balaban J connectivity index is 1.98. The Bertz CT molecular complexity index is 1320. The average Bonchev–Trinajstić information content (AvgIpc) is 3.23. The number of rotatable bonds is 5. The summed E-state index contributed by atoms with van der Waals surface area (Å²) in [5.41, 5.74) is 11.7. The minimum Gasteiger partial charge on any atom is -0.382 e. The molecule has 0 saturated carbocycles. The summed E-state index contributed by atoms with van der Waals surface area (Å²) >= 11 is 12.6. The minimum atomic E-state index is -0.515. The molecular weight excluding hydrogens is 441 g/mol. The first-order valence-electron chi connectivity index (χ1n) is 9.34. The van der Waals surface area contributed by atoms with Gasteiger partial charge in [-0.2, -0.15) is 15.1 Å². The van der Waals surface area contributed by atoms with Crippen molar-refractivity contribution in [3.63, 3.8) is 0 Å². The molecule has 0 aliphatic carbocycles. The Morgan fingerprint density at radius 1 is 1.13 bits per heavy atom.